The largest absolute Gasteiger partial charge is 0.480 e. The lowest BCUT2D eigenvalue weighted by Gasteiger charge is -2.17. The summed E-state index contributed by atoms with van der Waals surface area (Å²) >= 11 is 0. The van der Waals surface area contributed by atoms with Crippen LogP contribution in [-0.2, 0) is 14.3 Å². The van der Waals surface area contributed by atoms with Gasteiger partial charge in [0.05, 0.1) is 0 Å². The summed E-state index contributed by atoms with van der Waals surface area (Å²) in [5.74, 6) is -1.19. The number of hydrogen-bond acceptors (Lipinski definition) is 4. The van der Waals surface area contributed by atoms with Crippen LogP contribution in [0.1, 0.15) is 36.3 Å². The number of unbranched alkanes of at least 4 members (excludes halogenated alkanes) is 1. The standard InChI is InChI=1S/C22H24N2O5/c25-14-23-12-6-5-11-20(21(26)27)24-22(28)29-13-19-17-9-3-1-7-15(17)16-8-2-4-10-18(16)19/h1-4,7-10,14,19-20H,5-6,11-13H2,(H,23,25)(H,24,28)(H,26,27). The first-order valence-corrected chi connectivity index (χ1v) is 9.63. The van der Waals surface area contributed by atoms with E-state index in [-0.39, 0.29) is 18.9 Å². The number of ether oxygens (including phenoxy) is 1. The third-order valence-corrected chi connectivity index (χ3v) is 5.08. The second kappa shape index (κ2) is 9.73. The molecule has 0 spiro atoms. The van der Waals surface area contributed by atoms with Gasteiger partial charge < -0.3 is 20.5 Å². The number of benzene rings is 2. The zero-order chi connectivity index (χ0) is 20.6. The van der Waals surface area contributed by atoms with Gasteiger partial charge in [-0.1, -0.05) is 48.5 Å². The van der Waals surface area contributed by atoms with Gasteiger partial charge in [-0.05, 0) is 41.5 Å². The molecule has 1 aliphatic rings. The lowest BCUT2D eigenvalue weighted by molar-refractivity contribution is -0.139. The maximum Gasteiger partial charge on any atom is 0.407 e. The van der Waals surface area contributed by atoms with E-state index in [1.165, 1.54) is 0 Å². The number of carboxylic acids is 1. The second-order valence-electron chi connectivity index (χ2n) is 6.93. The number of hydrogen-bond donors (Lipinski definition) is 3. The fraction of sp³-hybridized carbons (Fsp3) is 0.318. The van der Waals surface area contributed by atoms with Crippen LogP contribution in [0.25, 0.3) is 11.1 Å². The highest BCUT2D eigenvalue weighted by Gasteiger charge is 2.29. The molecule has 1 aliphatic carbocycles. The molecule has 1 atom stereocenters. The molecule has 2 aromatic rings. The van der Waals surface area contributed by atoms with Crippen LogP contribution in [0.15, 0.2) is 48.5 Å². The maximum absolute atomic E-state index is 12.2. The molecule has 152 valence electrons. The first-order valence-electron chi connectivity index (χ1n) is 9.63. The molecule has 1 unspecified atom stereocenters. The van der Waals surface area contributed by atoms with Crippen LogP contribution in [0.3, 0.4) is 0 Å². The van der Waals surface area contributed by atoms with Crippen molar-refractivity contribution in [2.75, 3.05) is 13.2 Å². The molecule has 0 bridgehead atoms. The second-order valence-corrected chi connectivity index (χ2v) is 6.93. The highest BCUT2D eigenvalue weighted by Crippen LogP contribution is 2.44. The van der Waals surface area contributed by atoms with Crippen molar-refractivity contribution in [2.24, 2.45) is 0 Å². The van der Waals surface area contributed by atoms with E-state index in [9.17, 15) is 19.5 Å². The van der Waals surface area contributed by atoms with Gasteiger partial charge in [-0.2, -0.15) is 0 Å². The lowest BCUT2D eigenvalue weighted by Crippen LogP contribution is -2.41. The van der Waals surface area contributed by atoms with Gasteiger partial charge in [-0.25, -0.2) is 9.59 Å². The van der Waals surface area contributed by atoms with Gasteiger partial charge in [-0.3, -0.25) is 4.79 Å². The van der Waals surface area contributed by atoms with Gasteiger partial charge in [0.15, 0.2) is 0 Å². The van der Waals surface area contributed by atoms with Gasteiger partial charge in [0.2, 0.25) is 6.41 Å². The summed E-state index contributed by atoms with van der Waals surface area (Å²) in [6.45, 7) is 0.607. The van der Waals surface area contributed by atoms with Gasteiger partial charge in [0.1, 0.15) is 12.6 Å². The minimum Gasteiger partial charge on any atom is -0.480 e. The third-order valence-electron chi connectivity index (χ3n) is 5.08. The molecule has 0 aliphatic heterocycles. The third kappa shape index (κ3) is 4.93. The molecule has 7 heteroatoms. The molecule has 0 saturated carbocycles. The average Bonchev–Trinajstić information content (AvgIpc) is 3.05. The zero-order valence-corrected chi connectivity index (χ0v) is 16.0. The fourth-order valence-corrected chi connectivity index (χ4v) is 3.67. The Labute approximate surface area is 169 Å². The van der Waals surface area contributed by atoms with Gasteiger partial charge in [0, 0.05) is 12.5 Å². The summed E-state index contributed by atoms with van der Waals surface area (Å²) in [5.41, 5.74) is 4.45. The molecule has 2 amide bonds. The highest BCUT2D eigenvalue weighted by atomic mass is 16.5. The Morgan fingerprint density at radius 1 is 1.03 bits per heavy atom. The van der Waals surface area contributed by atoms with Gasteiger partial charge in [0.25, 0.3) is 0 Å². The number of carbonyl (C=O) groups excluding carboxylic acids is 2. The van der Waals surface area contributed by atoms with Crippen LogP contribution in [-0.4, -0.2) is 42.8 Å². The summed E-state index contributed by atoms with van der Waals surface area (Å²) in [6.07, 6.45) is 1.31. The minimum absolute atomic E-state index is 0.0779. The fourth-order valence-electron chi connectivity index (χ4n) is 3.67. The molecular weight excluding hydrogens is 372 g/mol. The van der Waals surface area contributed by atoms with Gasteiger partial charge in [-0.15, -0.1) is 0 Å². The Morgan fingerprint density at radius 3 is 2.24 bits per heavy atom. The minimum atomic E-state index is -1.11. The zero-order valence-electron chi connectivity index (χ0n) is 16.0. The Morgan fingerprint density at radius 2 is 1.66 bits per heavy atom. The summed E-state index contributed by atoms with van der Waals surface area (Å²) in [6, 6.07) is 15.0. The molecule has 0 radical (unpaired) electrons. The normalized spacial score (nSPS) is 13.1. The van der Waals surface area contributed by atoms with Crippen LogP contribution in [0.5, 0.6) is 0 Å². The molecular formula is C22H24N2O5. The molecule has 3 N–H and O–H groups in total. The quantitative estimate of drug-likeness (QED) is 0.423. The lowest BCUT2D eigenvalue weighted by atomic mass is 9.98. The summed E-state index contributed by atoms with van der Waals surface area (Å²) < 4.78 is 5.39. The van der Waals surface area contributed by atoms with Crippen molar-refractivity contribution in [1.82, 2.24) is 10.6 Å². The van der Waals surface area contributed by atoms with Crippen molar-refractivity contribution in [3.8, 4) is 11.1 Å². The van der Waals surface area contributed by atoms with Crippen LogP contribution in [0, 0.1) is 0 Å². The number of nitrogens with one attached hydrogen (secondary N) is 2. The number of carboxylic acid groups (broad SMARTS) is 1. The van der Waals surface area contributed by atoms with Crippen LogP contribution < -0.4 is 10.6 Å². The predicted molar refractivity (Wildman–Crippen MR) is 108 cm³/mol. The van der Waals surface area contributed by atoms with Crippen LogP contribution >= 0.6 is 0 Å². The number of carbonyl (C=O) groups is 3. The molecule has 0 fully saturated rings. The Kier molecular flexibility index (Phi) is 6.84. The highest BCUT2D eigenvalue weighted by molar-refractivity contribution is 5.81. The summed E-state index contributed by atoms with van der Waals surface area (Å²) in [5, 5.41) is 14.3. The van der Waals surface area contributed by atoms with Crippen molar-refractivity contribution in [2.45, 2.75) is 31.2 Å². The Balaban J connectivity index is 1.57. The first-order chi connectivity index (χ1) is 14.1. The molecule has 0 heterocycles. The Bertz CT molecular complexity index is 838. The van der Waals surface area contributed by atoms with E-state index in [4.69, 9.17) is 4.74 Å². The molecule has 2 aromatic carbocycles. The van der Waals surface area contributed by atoms with Crippen molar-refractivity contribution in [3.05, 3.63) is 59.7 Å². The van der Waals surface area contributed by atoms with E-state index in [1.807, 2.05) is 48.5 Å². The number of amides is 2. The number of aliphatic carboxylic acids is 1. The number of alkyl carbamates (subject to hydrolysis) is 1. The van der Waals surface area contributed by atoms with Gasteiger partial charge >= 0.3 is 12.1 Å². The van der Waals surface area contributed by atoms with Crippen molar-refractivity contribution in [1.29, 1.82) is 0 Å². The van der Waals surface area contributed by atoms with Crippen LogP contribution in [0.4, 0.5) is 4.79 Å². The van der Waals surface area contributed by atoms with E-state index < -0.39 is 18.1 Å². The predicted octanol–water partition coefficient (Wildman–Crippen LogP) is 2.89. The molecule has 29 heavy (non-hydrogen) atoms. The maximum atomic E-state index is 12.2. The Hall–Kier alpha value is -3.35. The van der Waals surface area contributed by atoms with E-state index >= 15 is 0 Å². The SMILES string of the molecule is O=CNCCCCC(NC(=O)OCC1c2ccccc2-c2ccccc21)C(=O)O. The average molecular weight is 396 g/mol. The van der Waals surface area contributed by atoms with Crippen molar-refractivity contribution in [3.63, 3.8) is 0 Å². The molecule has 7 nitrogen and oxygen atoms in total. The van der Waals surface area contributed by atoms with E-state index in [0.29, 0.717) is 25.8 Å². The molecule has 0 aromatic heterocycles. The molecule has 3 rings (SSSR count). The van der Waals surface area contributed by atoms with E-state index in [1.54, 1.807) is 0 Å². The van der Waals surface area contributed by atoms with E-state index in [2.05, 4.69) is 10.6 Å². The van der Waals surface area contributed by atoms with Crippen LogP contribution in [0.2, 0.25) is 0 Å². The van der Waals surface area contributed by atoms with Crippen molar-refractivity contribution < 1.29 is 24.2 Å². The molecule has 0 saturated heterocycles. The van der Waals surface area contributed by atoms with Crippen molar-refractivity contribution >= 4 is 18.5 Å². The summed E-state index contributed by atoms with van der Waals surface area (Å²) in [7, 11) is 0. The summed E-state index contributed by atoms with van der Waals surface area (Å²) in [4.78, 5) is 33.8. The number of rotatable bonds is 10. The topological polar surface area (TPSA) is 105 Å². The first kappa shape index (κ1) is 20.4. The monoisotopic (exact) mass is 396 g/mol. The van der Waals surface area contributed by atoms with E-state index in [0.717, 1.165) is 22.3 Å². The smallest absolute Gasteiger partial charge is 0.407 e. The number of fused-ring (bicyclic) bond motifs is 3.